The second kappa shape index (κ2) is 8.67. The molecule has 4 heteroatoms. The number of aryl methyl sites for hydroxylation is 3. The number of benzene rings is 1. The molecular formula is C20H29N3O. The number of nitrogens with one attached hydrogen (secondary N) is 1. The van der Waals surface area contributed by atoms with Gasteiger partial charge in [0, 0.05) is 18.7 Å². The van der Waals surface area contributed by atoms with Crippen LogP contribution in [0.25, 0.3) is 0 Å². The van der Waals surface area contributed by atoms with Crippen LogP contribution >= 0.6 is 0 Å². The molecule has 1 atom stereocenters. The zero-order valence-electron chi connectivity index (χ0n) is 15.2. The Morgan fingerprint density at radius 3 is 2.38 bits per heavy atom. The number of amides is 1. The van der Waals surface area contributed by atoms with Crippen molar-refractivity contribution in [1.29, 1.82) is 0 Å². The molecule has 0 saturated heterocycles. The van der Waals surface area contributed by atoms with Gasteiger partial charge < -0.3 is 5.32 Å². The summed E-state index contributed by atoms with van der Waals surface area (Å²) >= 11 is 0. The van der Waals surface area contributed by atoms with E-state index in [1.54, 1.807) is 0 Å². The maximum absolute atomic E-state index is 12.5. The lowest BCUT2D eigenvalue weighted by Gasteiger charge is -2.27. The predicted octanol–water partition coefficient (Wildman–Crippen LogP) is 4.18. The predicted molar refractivity (Wildman–Crippen MR) is 97.7 cm³/mol. The molecule has 0 spiro atoms. The molecule has 1 aromatic heterocycles. The first-order valence-corrected chi connectivity index (χ1v) is 8.90. The first kappa shape index (κ1) is 18.2. The van der Waals surface area contributed by atoms with E-state index < -0.39 is 0 Å². The molecule has 0 saturated carbocycles. The molecule has 0 aliphatic heterocycles. The van der Waals surface area contributed by atoms with Gasteiger partial charge in [0.2, 0.25) is 5.91 Å². The van der Waals surface area contributed by atoms with Crippen LogP contribution in [0, 0.1) is 19.8 Å². The van der Waals surface area contributed by atoms with Crippen molar-refractivity contribution in [3.8, 4) is 0 Å². The van der Waals surface area contributed by atoms with Gasteiger partial charge in [0.25, 0.3) is 0 Å². The van der Waals surface area contributed by atoms with Gasteiger partial charge in [0.1, 0.15) is 0 Å². The minimum absolute atomic E-state index is 0.0779. The molecule has 1 N–H and O–H groups in total. The van der Waals surface area contributed by atoms with Crippen LogP contribution in [0.5, 0.6) is 0 Å². The SMILES string of the molecule is CCC(CC)C(NC(=O)CCn1nc(C)cc1C)c1ccccc1. The van der Waals surface area contributed by atoms with Crippen molar-refractivity contribution in [2.75, 3.05) is 0 Å². The highest BCUT2D eigenvalue weighted by Gasteiger charge is 2.22. The minimum Gasteiger partial charge on any atom is -0.349 e. The molecule has 1 amide bonds. The van der Waals surface area contributed by atoms with Gasteiger partial charge in [-0.3, -0.25) is 9.48 Å². The van der Waals surface area contributed by atoms with Gasteiger partial charge in [0.15, 0.2) is 0 Å². The fourth-order valence-electron chi connectivity index (χ4n) is 3.25. The number of hydrogen-bond acceptors (Lipinski definition) is 2. The van der Waals surface area contributed by atoms with Crippen molar-refractivity contribution in [1.82, 2.24) is 15.1 Å². The van der Waals surface area contributed by atoms with Crippen molar-refractivity contribution in [3.63, 3.8) is 0 Å². The van der Waals surface area contributed by atoms with Crippen molar-refractivity contribution < 1.29 is 4.79 Å². The standard InChI is InChI=1S/C20H29N3O/c1-5-17(6-2)20(18-10-8-7-9-11-18)21-19(24)12-13-23-16(4)14-15(3)22-23/h7-11,14,17,20H,5-6,12-13H2,1-4H3,(H,21,24). The molecule has 130 valence electrons. The van der Waals surface area contributed by atoms with Gasteiger partial charge in [-0.15, -0.1) is 0 Å². The molecule has 0 radical (unpaired) electrons. The number of hydrogen-bond donors (Lipinski definition) is 1. The van der Waals surface area contributed by atoms with E-state index in [0.29, 0.717) is 18.9 Å². The van der Waals surface area contributed by atoms with Crippen molar-refractivity contribution in [2.24, 2.45) is 5.92 Å². The van der Waals surface area contributed by atoms with Gasteiger partial charge in [-0.25, -0.2) is 0 Å². The van der Waals surface area contributed by atoms with E-state index in [9.17, 15) is 4.79 Å². The Morgan fingerprint density at radius 2 is 1.83 bits per heavy atom. The fourth-order valence-corrected chi connectivity index (χ4v) is 3.25. The molecule has 0 fully saturated rings. The third kappa shape index (κ3) is 4.70. The highest BCUT2D eigenvalue weighted by Crippen LogP contribution is 2.27. The molecule has 2 rings (SSSR count). The number of rotatable bonds is 8. The van der Waals surface area contributed by atoms with Gasteiger partial charge in [-0.2, -0.15) is 5.10 Å². The van der Waals surface area contributed by atoms with E-state index in [4.69, 9.17) is 0 Å². The van der Waals surface area contributed by atoms with Crippen LogP contribution in [0.4, 0.5) is 0 Å². The second-order valence-corrected chi connectivity index (χ2v) is 6.43. The molecule has 1 unspecified atom stereocenters. The van der Waals surface area contributed by atoms with E-state index in [-0.39, 0.29) is 11.9 Å². The molecule has 1 aromatic carbocycles. The second-order valence-electron chi connectivity index (χ2n) is 6.43. The number of nitrogens with zero attached hydrogens (tertiary/aromatic N) is 2. The summed E-state index contributed by atoms with van der Waals surface area (Å²) in [4.78, 5) is 12.5. The quantitative estimate of drug-likeness (QED) is 0.790. The summed E-state index contributed by atoms with van der Waals surface area (Å²) in [6.07, 6.45) is 2.55. The van der Waals surface area contributed by atoms with Gasteiger partial charge >= 0.3 is 0 Å². The monoisotopic (exact) mass is 327 g/mol. The largest absolute Gasteiger partial charge is 0.349 e. The molecule has 0 aliphatic rings. The van der Waals surface area contributed by atoms with Gasteiger partial charge in [-0.1, -0.05) is 57.0 Å². The highest BCUT2D eigenvalue weighted by atomic mass is 16.1. The summed E-state index contributed by atoms with van der Waals surface area (Å²) < 4.78 is 1.91. The van der Waals surface area contributed by atoms with Crippen LogP contribution < -0.4 is 5.32 Å². The third-order valence-electron chi connectivity index (χ3n) is 4.65. The Hall–Kier alpha value is -2.10. The van der Waals surface area contributed by atoms with Crippen LogP contribution in [-0.4, -0.2) is 15.7 Å². The van der Waals surface area contributed by atoms with Crippen LogP contribution in [0.3, 0.4) is 0 Å². The van der Waals surface area contributed by atoms with Gasteiger partial charge in [0.05, 0.1) is 11.7 Å². The minimum atomic E-state index is 0.0779. The number of carbonyl (C=O) groups is 1. The Bertz CT molecular complexity index is 644. The maximum atomic E-state index is 12.5. The Kier molecular flexibility index (Phi) is 6.59. The van der Waals surface area contributed by atoms with Crippen molar-refractivity contribution >= 4 is 5.91 Å². The molecule has 2 aromatic rings. The van der Waals surface area contributed by atoms with Crippen molar-refractivity contribution in [2.45, 2.75) is 59.5 Å². The topological polar surface area (TPSA) is 46.9 Å². The summed E-state index contributed by atoms with van der Waals surface area (Å²) in [6.45, 7) is 8.99. The highest BCUT2D eigenvalue weighted by molar-refractivity contribution is 5.76. The fraction of sp³-hybridized carbons (Fsp3) is 0.500. The lowest BCUT2D eigenvalue weighted by molar-refractivity contribution is -0.122. The van der Waals surface area contributed by atoms with Crippen LogP contribution in [0.1, 0.15) is 56.1 Å². The lowest BCUT2D eigenvalue weighted by atomic mass is 9.88. The van der Waals surface area contributed by atoms with E-state index >= 15 is 0 Å². The van der Waals surface area contributed by atoms with Crippen LogP contribution in [-0.2, 0) is 11.3 Å². The summed E-state index contributed by atoms with van der Waals surface area (Å²) in [5.41, 5.74) is 3.28. The first-order chi connectivity index (χ1) is 11.5. The zero-order valence-corrected chi connectivity index (χ0v) is 15.2. The smallest absolute Gasteiger partial charge is 0.222 e. The van der Waals surface area contributed by atoms with E-state index in [1.165, 1.54) is 5.56 Å². The Labute approximate surface area is 145 Å². The van der Waals surface area contributed by atoms with E-state index in [2.05, 4.69) is 36.4 Å². The average Bonchev–Trinajstić information content (AvgIpc) is 2.91. The normalized spacial score (nSPS) is 12.4. The first-order valence-electron chi connectivity index (χ1n) is 8.90. The summed E-state index contributed by atoms with van der Waals surface area (Å²) in [5.74, 6) is 0.536. The summed E-state index contributed by atoms with van der Waals surface area (Å²) in [6, 6.07) is 12.4. The van der Waals surface area contributed by atoms with Crippen LogP contribution in [0.2, 0.25) is 0 Å². The Morgan fingerprint density at radius 1 is 1.17 bits per heavy atom. The van der Waals surface area contributed by atoms with Gasteiger partial charge in [-0.05, 0) is 31.4 Å². The van der Waals surface area contributed by atoms with Crippen molar-refractivity contribution in [3.05, 3.63) is 53.3 Å². The summed E-state index contributed by atoms with van der Waals surface area (Å²) in [5, 5.41) is 7.68. The molecular weight excluding hydrogens is 298 g/mol. The molecule has 0 bridgehead atoms. The molecule has 1 heterocycles. The average molecular weight is 327 g/mol. The third-order valence-corrected chi connectivity index (χ3v) is 4.65. The van der Waals surface area contributed by atoms with E-state index in [1.807, 2.05) is 42.8 Å². The number of carbonyl (C=O) groups excluding carboxylic acids is 1. The zero-order chi connectivity index (χ0) is 17.5. The molecule has 24 heavy (non-hydrogen) atoms. The molecule has 4 nitrogen and oxygen atoms in total. The van der Waals surface area contributed by atoms with E-state index in [0.717, 1.165) is 24.2 Å². The maximum Gasteiger partial charge on any atom is 0.222 e. The lowest BCUT2D eigenvalue weighted by Crippen LogP contribution is -2.33. The molecule has 0 aliphatic carbocycles. The van der Waals surface area contributed by atoms with Crippen LogP contribution in [0.15, 0.2) is 36.4 Å². The number of aromatic nitrogens is 2. The Balaban J connectivity index is 2.03. The summed E-state index contributed by atoms with van der Waals surface area (Å²) in [7, 11) is 0.